The third kappa shape index (κ3) is 10.4. The van der Waals surface area contributed by atoms with Crippen LogP contribution in [0.2, 0.25) is 17.3 Å². The van der Waals surface area contributed by atoms with Gasteiger partial charge in [-0.15, -0.1) is 18.2 Å². The second-order valence-corrected chi connectivity index (χ2v) is 33.1. The maximum Gasteiger partial charge on any atom is 0 e. The molecule has 0 atom stereocenters. The van der Waals surface area contributed by atoms with Gasteiger partial charge in [0, 0.05) is 30.5 Å². The van der Waals surface area contributed by atoms with Crippen molar-refractivity contribution < 1.29 is 27.0 Å². The van der Waals surface area contributed by atoms with Gasteiger partial charge < -0.3 is 4.57 Å². The van der Waals surface area contributed by atoms with Gasteiger partial charge in [0.05, 0.1) is 16.9 Å². The summed E-state index contributed by atoms with van der Waals surface area (Å²) in [6.07, 6.45) is 0.306. The molecule has 6 aromatic carbocycles. The molecule has 0 saturated heterocycles. The van der Waals surface area contributed by atoms with Crippen LogP contribution in [-0.2, 0) is 37.3 Å². The maximum atomic E-state index is 8.94. The van der Waals surface area contributed by atoms with Crippen molar-refractivity contribution in [3.63, 3.8) is 0 Å². The van der Waals surface area contributed by atoms with Crippen molar-refractivity contribution in [3.05, 3.63) is 167 Å². The van der Waals surface area contributed by atoms with Gasteiger partial charge in [0.1, 0.15) is 0 Å². The smallest absolute Gasteiger partial charge is 0 e. The zero-order chi connectivity index (χ0) is 50.9. The van der Waals surface area contributed by atoms with Crippen molar-refractivity contribution in [2.45, 2.75) is 111 Å². The Bertz CT molecular complexity index is 3400. The number of thiophene rings is 1. The Morgan fingerprint density at radius 1 is 0.742 bits per heavy atom. The number of aryl methyl sites for hydroxylation is 2. The number of benzene rings is 6. The fourth-order valence-corrected chi connectivity index (χ4v) is 12.8. The standard InChI is InChI=1S/C36H29N2S.C24H36GeN.Ir/c1-23-17-19-26-27-13-10-14-28(34(27)39-33(26)21-23)35-37-30-15-8-9-16-32(30)38(35)31-20-18-25(22-29(31)36(2,3)4)24-11-6-5-7-12-24;1-17-11-12-18(13-20(17)24(5,6)7)22-14-19(15-23(2,3)4)21(16-26-22)25(8,9)10;/h5-13,15-22H,1-4H3;11,13-14,16H,15H2,1-10H3;/q2*-1;/i;1D3,15D2;. The van der Waals surface area contributed by atoms with Crippen molar-refractivity contribution in [1.82, 2.24) is 14.5 Å². The molecule has 0 bridgehead atoms. The van der Waals surface area contributed by atoms with Crippen molar-refractivity contribution in [2.75, 3.05) is 0 Å². The minimum Gasteiger partial charge on any atom is 0 e. The van der Waals surface area contributed by atoms with Gasteiger partial charge in [-0.2, -0.15) is 11.3 Å². The van der Waals surface area contributed by atoms with Gasteiger partial charge in [-0.25, -0.2) is 0 Å². The molecule has 0 fully saturated rings. The Hall–Kier alpha value is -4.65. The molecule has 0 aliphatic rings. The monoisotopic (exact) mass is 1130 g/mol. The number of nitrogens with zero attached hydrogens (tertiary/aromatic N) is 3. The van der Waals surface area contributed by atoms with Crippen LogP contribution in [-0.4, -0.2) is 27.8 Å². The van der Waals surface area contributed by atoms with E-state index < -0.39 is 31.9 Å². The van der Waals surface area contributed by atoms with E-state index in [0.29, 0.717) is 22.4 Å². The van der Waals surface area contributed by atoms with Gasteiger partial charge in [-0.3, -0.25) is 4.98 Å². The summed E-state index contributed by atoms with van der Waals surface area (Å²) in [5.74, 6) is 7.67. The molecule has 9 rings (SSSR count). The fourth-order valence-electron chi connectivity index (χ4n) is 8.56. The molecule has 0 saturated carbocycles. The summed E-state index contributed by atoms with van der Waals surface area (Å²) in [5, 5.41) is 2.55. The summed E-state index contributed by atoms with van der Waals surface area (Å²) in [5.41, 5.74) is 11.3. The van der Waals surface area contributed by atoms with Gasteiger partial charge in [0.15, 0.2) is 0 Å². The van der Waals surface area contributed by atoms with Gasteiger partial charge in [0.2, 0.25) is 0 Å². The Balaban J connectivity index is 0.000000212. The maximum absolute atomic E-state index is 8.94. The Labute approximate surface area is 421 Å². The summed E-state index contributed by atoms with van der Waals surface area (Å²) in [7, 11) is 0. The van der Waals surface area contributed by atoms with Crippen LogP contribution in [0.3, 0.4) is 0 Å². The molecule has 3 aromatic heterocycles. The summed E-state index contributed by atoms with van der Waals surface area (Å²) in [4.78, 5) is 9.93. The zero-order valence-electron chi connectivity index (χ0n) is 45.7. The average molecular weight is 1130 g/mol. The number of hydrogen-bond donors (Lipinski definition) is 0. The topological polar surface area (TPSA) is 30.7 Å². The van der Waals surface area contributed by atoms with E-state index in [0.717, 1.165) is 38.1 Å². The molecular weight excluding hydrogens is 1060 g/mol. The van der Waals surface area contributed by atoms with Crippen LogP contribution >= 0.6 is 11.3 Å². The second-order valence-electron chi connectivity index (χ2n) is 21.5. The fraction of sp³-hybridized carbons (Fsp3) is 0.300. The number of fused-ring (bicyclic) bond motifs is 4. The molecule has 9 aromatic rings. The van der Waals surface area contributed by atoms with Crippen LogP contribution in [0.15, 0.2) is 128 Å². The van der Waals surface area contributed by atoms with Crippen LogP contribution in [0.4, 0.5) is 0 Å². The van der Waals surface area contributed by atoms with Crippen molar-refractivity contribution in [1.29, 1.82) is 0 Å². The number of rotatable bonds is 6. The first kappa shape index (κ1) is 42.7. The summed E-state index contributed by atoms with van der Waals surface area (Å²) >= 11 is -0.569. The summed E-state index contributed by atoms with van der Waals surface area (Å²) < 4.78 is 47.5. The predicted molar refractivity (Wildman–Crippen MR) is 285 cm³/mol. The molecule has 0 amide bonds. The van der Waals surface area contributed by atoms with E-state index in [2.05, 4.69) is 165 Å². The number of pyridine rings is 1. The average Bonchev–Trinajstić information content (AvgIpc) is 3.85. The molecular formula is C60H65GeIrN3S-2. The molecule has 0 aliphatic carbocycles. The van der Waals surface area contributed by atoms with Gasteiger partial charge in [-0.1, -0.05) is 92.4 Å². The van der Waals surface area contributed by atoms with Crippen LogP contribution in [0.25, 0.3) is 70.7 Å². The van der Waals surface area contributed by atoms with Crippen LogP contribution in [0, 0.1) is 31.3 Å². The van der Waals surface area contributed by atoms with E-state index in [1.165, 1.54) is 42.4 Å². The third-order valence-electron chi connectivity index (χ3n) is 11.8. The SMILES string of the molecule is Cc1ccc2c(c1)sc1c(-c3nc4ccccc4n3-c3ccc(-c4ccccc4)cc3C(C)(C)C)[c-]ccc12.[2H]C([2H])([2H])c1c[c-]c(-c2cc(C([2H])([2H])C(C)(C)C)[c]([Ge]([CH3])([CH3])[CH3])cn2)cc1C(C)(C)C.[Ir]. The minimum atomic E-state index is -2.40. The van der Waals surface area contributed by atoms with Crippen LogP contribution in [0.1, 0.15) is 97.0 Å². The second kappa shape index (κ2) is 18.8. The number of aromatic nitrogens is 3. The third-order valence-corrected chi connectivity index (χ3v) is 17.2. The number of hydrogen-bond acceptors (Lipinski definition) is 3. The molecule has 3 nitrogen and oxygen atoms in total. The molecule has 0 aliphatic heterocycles. The number of imidazole rings is 1. The first-order chi connectivity index (χ1) is 32.6. The Kier molecular flexibility index (Phi) is 12.2. The van der Waals surface area contributed by atoms with E-state index in [1.54, 1.807) is 6.07 Å². The first-order valence-corrected chi connectivity index (χ1v) is 30.8. The Morgan fingerprint density at radius 2 is 1.45 bits per heavy atom. The molecule has 3 heterocycles. The van der Waals surface area contributed by atoms with E-state index in [1.807, 2.05) is 71.2 Å². The Morgan fingerprint density at radius 3 is 2.14 bits per heavy atom. The van der Waals surface area contributed by atoms with Crippen molar-refractivity contribution >= 4 is 60.2 Å². The molecule has 0 unspecified atom stereocenters. The van der Waals surface area contributed by atoms with E-state index in [-0.39, 0.29) is 30.9 Å². The normalized spacial score (nSPS) is 13.9. The quantitative estimate of drug-likeness (QED) is 0.123. The predicted octanol–water partition coefficient (Wildman–Crippen LogP) is 16.4. The van der Waals surface area contributed by atoms with Crippen molar-refractivity contribution in [2.24, 2.45) is 5.41 Å². The van der Waals surface area contributed by atoms with Crippen LogP contribution in [0.5, 0.6) is 0 Å². The minimum absolute atomic E-state index is 0. The molecule has 1 radical (unpaired) electrons. The molecule has 0 spiro atoms. The largest absolute Gasteiger partial charge is 0 e. The molecule has 341 valence electrons. The number of para-hydroxylation sites is 2. The zero-order valence-corrected chi connectivity index (χ0v) is 46.0. The van der Waals surface area contributed by atoms with Crippen molar-refractivity contribution in [3.8, 4) is 39.5 Å². The summed E-state index contributed by atoms with van der Waals surface area (Å²) in [6, 6.07) is 48.9. The molecule has 0 N–H and O–H groups in total. The summed E-state index contributed by atoms with van der Waals surface area (Å²) in [6.45, 7) is 18.6. The van der Waals surface area contributed by atoms with E-state index in [9.17, 15) is 0 Å². The van der Waals surface area contributed by atoms with Gasteiger partial charge >= 0.3 is 171 Å². The van der Waals surface area contributed by atoms with Gasteiger partial charge in [-0.05, 0) is 75.0 Å². The van der Waals surface area contributed by atoms with Crippen LogP contribution < -0.4 is 4.40 Å². The molecule has 66 heavy (non-hydrogen) atoms. The first-order valence-electron chi connectivity index (χ1n) is 25.2. The molecule has 6 heteroatoms. The van der Waals surface area contributed by atoms with E-state index >= 15 is 0 Å². The van der Waals surface area contributed by atoms with Gasteiger partial charge in [0.25, 0.3) is 0 Å². The van der Waals surface area contributed by atoms with E-state index in [4.69, 9.17) is 16.8 Å².